The van der Waals surface area contributed by atoms with Gasteiger partial charge in [0.1, 0.15) is 5.69 Å². The van der Waals surface area contributed by atoms with Crippen molar-refractivity contribution in [2.75, 3.05) is 23.8 Å². The minimum atomic E-state index is -1.53. The second-order valence-electron chi connectivity index (χ2n) is 8.19. The Morgan fingerprint density at radius 1 is 1.21 bits per heavy atom. The van der Waals surface area contributed by atoms with Crippen molar-refractivity contribution < 1.29 is 14.8 Å². The summed E-state index contributed by atoms with van der Waals surface area (Å²) in [5.41, 5.74) is 9.20. The van der Waals surface area contributed by atoms with Gasteiger partial charge < -0.3 is 26.0 Å². The zero-order chi connectivity index (χ0) is 23.8. The highest BCUT2D eigenvalue weighted by molar-refractivity contribution is 6.58. The van der Waals surface area contributed by atoms with Crippen molar-refractivity contribution in [3.8, 4) is 11.6 Å². The molecule has 11 nitrogen and oxygen atoms in total. The molecule has 1 aliphatic heterocycles. The van der Waals surface area contributed by atoms with E-state index in [0.717, 1.165) is 36.3 Å². The standard InChI is InChI=1S/C22H23BN8O3/c1-30-9-4-8-16-17(30)19(25-12-13-5-2-6-14(11-13)23(33)34)27-20(26-16)22-29-28-21-15(18(24)32)7-3-10-31(21)22/h2-3,5-7,10-11,33-34H,4,8-9,12H2,1H3,(H2,24,32)(H,25,26,27). The molecule has 0 unspecified atom stereocenters. The minimum Gasteiger partial charge on any atom is -0.423 e. The highest BCUT2D eigenvalue weighted by Gasteiger charge is 2.24. The summed E-state index contributed by atoms with van der Waals surface area (Å²) in [5.74, 6) is 0.836. The van der Waals surface area contributed by atoms with Crippen molar-refractivity contribution in [3.63, 3.8) is 0 Å². The summed E-state index contributed by atoms with van der Waals surface area (Å²) in [7, 11) is 0.469. The van der Waals surface area contributed by atoms with E-state index in [0.29, 0.717) is 35.1 Å². The maximum absolute atomic E-state index is 11.8. The number of aryl methyl sites for hydroxylation is 1. The highest BCUT2D eigenvalue weighted by Crippen LogP contribution is 2.33. The molecule has 0 saturated carbocycles. The van der Waals surface area contributed by atoms with Crippen molar-refractivity contribution in [2.24, 2.45) is 5.73 Å². The lowest BCUT2D eigenvalue weighted by Gasteiger charge is -2.29. The lowest BCUT2D eigenvalue weighted by Crippen LogP contribution is -2.30. The maximum atomic E-state index is 11.8. The van der Waals surface area contributed by atoms with Gasteiger partial charge in [0, 0.05) is 26.3 Å². The molecule has 3 aromatic heterocycles. The van der Waals surface area contributed by atoms with Gasteiger partial charge in [0.2, 0.25) is 11.6 Å². The van der Waals surface area contributed by atoms with Crippen LogP contribution in [0.1, 0.15) is 28.0 Å². The van der Waals surface area contributed by atoms with Crippen LogP contribution in [0.15, 0.2) is 42.6 Å². The second-order valence-corrected chi connectivity index (χ2v) is 8.19. The molecule has 0 saturated heterocycles. The fourth-order valence-corrected chi connectivity index (χ4v) is 4.21. The van der Waals surface area contributed by atoms with Crippen molar-refractivity contribution in [1.82, 2.24) is 24.6 Å². The number of carbonyl (C=O) groups is 1. The summed E-state index contributed by atoms with van der Waals surface area (Å²) in [6, 6.07) is 10.4. The molecule has 5 rings (SSSR count). The Bertz CT molecular complexity index is 1390. The van der Waals surface area contributed by atoms with Gasteiger partial charge in [0.25, 0.3) is 5.91 Å². The van der Waals surface area contributed by atoms with Gasteiger partial charge in [0.15, 0.2) is 11.5 Å². The van der Waals surface area contributed by atoms with Crippen LogP contribution < -0.4 is 21.4 Å². The Morgan fingerprint density at radius 2 is 2.06 bits per heavy atom. The van der Waals surface area contributed by atoms with Gasteiger partial charge in [-0.2, -0.15) is 0 Å². The van der Waals surface area contributed by atoms with E-state index in [1.54, 1.807) is 40.9 Å². The molecule has 12 heteroatoms. The molecule has 0 bridgehead atoms. The number of primary amides is 1. The predicted octanol–water partition coefficient (Wildman–Crippen LogP) is -0.0405. The van der Waals surface area contributed by atoms with E-state index in [1.165, 1.54) is 0 Å². The Balaban J connectivity index is 1.56. The van der Waals surface area contributed by atoms with Gasteiger partial charge >= 0.3 is 7.12 Å². The first kappa shape index (κ1) is 21.8. The number of anilines is 2. The molecule has 5 N–H and O–H groups in total. The number of amides is 1. The van der Waals surface area contributed by atoms with Gasteiger partial charge in [-0.05, 0) is 36.0 Å². The quantitative estimate of drug-likeness (QED) is 0.291. The molecule has 0 atom stereocenters. The average Bonchev–Trinajstić information content (AvgIpc) is 3.27. The van der Waals surface area contributed by atoms with Crippen LogP contribution in [0.5, 0.6) is 0 Å². The van der Waals surface area contributed by atoms with Gasteiger partial charge in [-0.25, -0.2) is 9.97 Å². The molecule has 1 aromatic carbocycles. The third kappa shape index (κ3) is 3.93. The van der Waals surface area contributed by atoms with E-state index in [2.05, 4.69) is 20.4 Å². The first-order valence-corrected chi connectivity index (χ1v) is 10.9. The number of nitrogens with zero attached hydrogens (tertiary/aromatic N) is 6. The smallest absolute Gasteiger partial charge is 0.423 e. The number of nitrogens with one attached hydrogen (secondary N) is 1. The molecule has 0 spiro atoms. The van der Waals surface area contributed by atoms with Gasteiger partial charge in [-0.15, -0.1) is 10.2 Å². The molecule has 1 aliphatic rings. The third-order valence-electron chi connectivity index (χ3n) is 5.85. The van der Waals surface area contributed by atoms with Crippen LogP contribution in [0.2, 0.25) is 0 Å². The number of rotatable bonds is 6. The molecule has 172 valence electrons. The van der Waals surface area contributed by atoms with Gasteiger partial charge in [-0.3, -0.25) is 9.20 Å². The summed E-state index contributed by atoms with van der Waals surface area (Å²) >= 11 is 0. The number of nitrogens with two attached hydrogens (primary N) is 1. The van der Waals surface area contributed by atoms with Crippen molar-refractivity contribution in [3.05, 3.63) is 59.4 Å². The molecule has 4 heterocycles. The molecule has 0 fully saturated rings. The zero-order valence-corrected chi connectivity index (χ0v) is 18.5. The van der Waals surface area contributed by atoms with Crippen molar-refractivity contribution in [2.45, 2.75) is 19.4 Å². The molecular formula is C22H23BN8O3. The summed E-state index contributed by atoms with van der Waals surface area (Å²) in [6.07, 6.45) is 3.49. The van der Waals surface area contributed by atoms with E-state index in [1.807, 2.05) is 13.1 Å². The number of hydrogen-bond acceptors (Lipinski definition) is 9. The lowest BCUT2D eigenvalue weighted by atomic mass is 9.80. The topological polar surface area (TPSA) is 155 Å². The van der Waals surface area contributed by atoms with Crippen molar-refractivity contribution >= 4 is 35.6 Å². The molecule has 34 heavy (non-hydrogen) atoms. The number of hydrogen-bond donors (Lipinski definition) is 4. The summed E-state index contributed by atoms with van der Waals surface area (Å²) < 4.78 is 1.66. The van der Waals surface area contributed by atoms with E-state index in [4.69, 9.17) is 15.7 Å². The zero-order valence-electron chi connectivity index (χ0n) is 18.5. The first-order valence-electron chi connectivity index (χ1n) is 10.9. The molecule has 1 amide bonds. The highest BCUT2D eigenvalue weighted by atomic mass is 16.4. The van der Waals surface area contributed by atoms with Gasteiger partial charge in [0.05, 0.1) is 11.3 Å². The Morgan fingerprint density at radius 3 is 2.85 bits per heavy atom. The molecular weight excluding hydrogens is 435 g/mol. The Labute approximate surface area is 195 Å². The largest absolute Gasteiger partial charge is 0.488 e. The van der Waals surface area contributed by atoms with E-state index >= 15 is 0 Å². The van der Waals surface area contributed by atoms with E-state index in [-0.39, 0.29) is 5.56 Å². The monoisotopic (exact) mass is 458 g/mol. The molecule has 4 aromatic rings. The normalized spacial score (nSPS) is 13.1. The summed E-state index contributed by atoms with van der Waals surface area (Å²) in [6.45, 7) is 1.30. The van der Waals surface area contributed by atoms with E-state index < -0.39 is 13.0 Å². The van der Waals surface area contributed by atoms with Crippen LogP contribution >= 0.6 is 0 Å². The number of benzene rings is 1. The number of carbonyl (C=O) groups excluding carboxylic acids is 1. The first-order chi connectivity index (χ1) is 16.4. The molecule has 0 radical (unpaired) electrons. The minimum absolute atomic E-state index is 0.267. The average molecular weight is 458 g/mol. The lowest BCUT2D eigenvalue weighted by molar-refractivity contribution is 0.100. The number of pyridine rings is 1. The number of fused-ring (bicyclic) bond motifs is 2. The van der Waals surface area contributed by atoms with E-state index in [9.17, 15) is 14.8 Å². The maximum Gasteiger partial charge on any atom is 0.488 e. The van der Waals surface area contributed by atoms with Gasteiger partial charge in [-0.1, -0.05) is 24.3 Å². The third-order valence-corrected chi connectivity index (χ3v) is 5.85. The van der Waals surface area contributed by atoms with Crippen LogP contribution in [-0.4, -0.2) is 61.2 Å². The van der Waals surface area contributed by atoms with Crippen LogP contribution in [0.4, 0.5) is 11.5 Å². The predicted molar refractivity (Wildman–Crippen MR) is 128 cm³/mol. The second kappa shape index (κ2) is 8.73. The van der Waals surface area contributed by atoms with Crippen LogP contribution in [-0.2, 0) is 13.0 Å². The summed E-state index contributed by atoms with van der Waals surface area (Å²) in [5, 5.41) is 30.7. The number of aromatic nitrogens is 5. The SMILES string of the molecule is CN1CCCc2nc(-c3nnc4c(C(N)=O)cccn34)nc(NCc3cccc(B(O)O)c3)c21. The van der Waals surface area contributed by atoms with Crippen molar-refractivity contribution in [1.29, 1.82) is 0 Å². The van der Waals surface area contributed by atoms with Crippen LogP contribution in [0, 0.1) is 0 Å². The Hall–Kier alpha value is -4.03. The Kier molecular flexibility index (Phi) is 5.60. The summed E-state index contributed by atoms with van der Waals surface area (Å²) in [4.78, 5) is 23.5. The molecule has 0 aliphatic carbocycles. The fraction of sp³-hybridized carbons (Fsp3) is 0.227. The van der Waals surface area contributed by atoms with Crippen LogP contribution in [0.3, 0.4) is 0 Å². The van der Waals surface area contributed by atoms with Crippen LogP contribution in [0.25, 0.3) is 17.3 Å². The fourth-order valence-electron chi connectivity index (χ4n) is 4.21.